The molecule has 0 radical (unpaired) electrons. The maximum absolute atomic E-state index is 13.2. The average Bonchev–Trinajstić information content (AvgIpc) is 3.35. The number of rotatable bonds is 4. The molecule has 2 aliphatic rings. The van der Waals surface area contributed by atoms with E-state index in [-0.39, 0.29) is 13.0 Å². The quantitative estimate of drug-likeness (QED) is 0.701. The number of carbonyl (C=O) groups is 1. The first kappa shape index (κ1) is 19.9. The van der Waals surface area contributed by atoms with Crippen molar-refractivity contribution in [2.75, 3.05) is 13.7 Å². The number of nitrogens with zero attached hydrogens (tertiary/aromatic N) is 2. The molecule has 7 heteroatoms. The Kier molecular flexibility index (Phi) is 5.34. The van der Waals surface area contributed by atoms with Crippen molar-refractivity contribution in [3.63, 3.8) is 0 Å². The van der Waals surface area contributed by atoms with Crippen LogP contribution in [0.3, 0.4) is 0 Å². The van der Waals surface area contributed by atoms with Crippen LogP contribution in [0.5, 0.6) is 0 Å². The molecular formula is C22H23F3N2O2. The van der Waals surface area contributed by atoms with E-state index in [0.29, 0.717) is 24.2 Å². The van der Waals surface area contributed by atoms with Crippen molar-refractivity contribution in [1.29, 1.82) is 0 Å². The molecule has 1 fully saturated rings. The molecule has 2 heterocycles. The maximum atomic E-state index is 13.2. The normalized spacial score (nSPS) is 19.4. The van der Waals surface area contributed by atoms with Crippen molar-refractivity contribution >= 4 is 5.97 Å². The highest BCUT2D eigenvalue weighted by molar-refractivity contribution is 5.96. The monoisotopic (exact) mass is 404 g/mol. The van der Waals surface area contributed by atoms with E-state index in [1.165, 1.54) is 12.0 Å². The first-order chi connectivity index (χ1) is 13.9. The number of ether oxygens (including phenoxy) is 1. The number of aryl methyl sites for hydroxylation is 2. The number of benzene rings is 1. The number of aromatic nitrogens is 1. The second-order valence-electron chi connectivity index (χ2n) is 7.70. The van der Waals surface area contributed by atoms with Crippen LogP contribution in [0.15, 0.2) is 30.3 Å². The van der Waals surface area contributed by atoms with Gasteiger partial charge in [-0.2, -0.15) is 13.2 Å². The van der Waals surface area contributed by atoms with Gasteiger partial charge in [-0.15, -0.1) is 0 Å². The summed E-state index contributed by atoms with van der Waals surface area (Å²) in [6, 6.07) is 7.77. The second kappa shape index (κ2) is 7.78. The lowest BCUT2D eigenvalue weighted by atomic mass is 10.0. The lowest BCUT2D eigenvalue weighted by Crippen LogP contribution is -2.40. The van der Waals surface area contributed by atoms with Gasteiger partial charge in [0.25, 0.3) is 0 Å². The van der Waals surface area contributed by atoms with Gasteiger partial charge in [-0.3, -0.25) is 9.88 Å². The van der Waals surface area contributed by atoms with Gasteiger partial charge in [0, 0.05) is 17.8 Å². The summed E-state index contributed by atoms with van der Waals surface area (Å²) in [5.41, 5.74) is 4.65. The highest BCUT2D eigenvalue weighted by atomic mass is 19.4. The van der Waals surface area contributed by atoms with Gasteiger partial charge in [-0.05, 0) is 55.8 Å². The number of methoxy groups -OCH3 is 1. The number of hydrogen-bond donors (Lipinski definition) is 0. The van der Waals surface area contributed by atoms with Gasteiger partial charge in [0.2, 0.25) is 0 Å². The lowest BCUT2D eigenvalue weighted by molar-refractivity contribution is -0.177. The molecule has 4 rings (SSSR count). The van der Waals surface area contributed by atoms with E-state index in [1.807, 2.05) is 30.3 Å². The Morgan fingerprint density at radius 3 is 2.66 bits per heavy atom. The van der Waals surface area contributed by atoms with E-state index in [0.717, 1.165) is 41.6 Å². The summed E-state index contributed by atoms with van der Waals surface area (Å²) in [5, 5.41) is 0. The zero-order valence-corrected chi connectivity index (χ0v) is 16.3. The van der Waals surface area contributed by atoms with Crippen LogP contribution < -0.4 is 0 Å². The van der Waals surface area contributed by atoms with Crippen molar-refractivity contribution in [1.82, 2.24) is 9.88 Å². The molecule has 0 bridgehead atoms. The van der Waals surface area contributed by atoms with Crippen LogP contribution in [-0.4, -0.2) is 41.7 Å². The summed E-state index contributed by atoms with van der Waals surface area (Å²) < 4.78 is 44.4. The third-order valence-electron chi connectivity index (χ3n) is 5.81. The van der Waals surface area contributed by atoms with Gasteiger partial charge in [-0.1, -0.05) is 24.3 Å². The van der Waals surface area contributed by atoms with Gasteiger partial charge in [0.1, 0.15) is 6.04 Å². The van der Waals surface area contributed by atoms with Crippen molar-refractivity contribution in [3.8, 4) is 11.3 Å². The molecule has 0 unspecified atom stereocenters. The van der Waals surface area contributed by atoms with Crippen molar-refractivity contribution in [2.45, 2.75) is 50.9 Å². The molecule has 0 N–H and O–H groups in total. The van der Waals surface area contributed by atoms with Crippen LogP contribution in [0.1, 0.15) is 46.4 Å². The lowest BCUT2D eigenvalue weighted by Gasteiger charge is -2.26. The van der Waals surface area contributed by atoms with Crippen LogP contribution in [0.25, 0.3) is 11.3 Å². The van der Waals surface area contributed by atoms with E-state index in [2.05, 4.69) is 0 Å². The minimum Gasteiger partial charge on any atom is -0.465 e. The summed E-state index contributed by atoms with van der Waals surface area (Å²) in [7, 11) is 1.34. The molecule has 1 atom stereocenters. The standard InChI is InChI=1S/C22H23F3N2O2/c1-29-21(28)17-12-16-4-2-5-18(16)26-20(17)15-9-7-14(8-10-15)13-27-11-3-6-19(27)22(23,24)25/h7-10,12,19H,2-6,11,13H2,1H3/t19-/m1/s1. The molecule has 154 valence electrons. The third kappa shape index (κ3) is 4.01. The van der Waals surface area contributed by atoms with Gasteiger partial charge < -0.3 is 4.74 Å². The minimum absolute atomic E-state index is 0.156. The Labute approximate surface area is 167 Å². The van der Waals surface area contributed by atoms with Crippen molar-refractivity contribution in [2.24, 2.45) is 0 Å². The maximum Gasteiger partial charge on any atom is 0.404 e. The van der Waals surface area contributed by atoms with Crippen LogP contribution in [0.2, 0.25) is 0 Å². The molecular weight excluding hydrogens is 381 g/mol. The highest BCUT2D eigenvalue weighted by Gasteiger charge is 2.45. The first-order valence-corrected chi connectivity index (χ1v) is 9.88. The Balaban J connectivity index is 1.59. The molecule has 1 aliphatic carbocycles. The summed E-state index contributed by atoms with van der Waals surface area (Å²) in [4.78, 5) is 18.5. The van der Waals surface area contributed by atoms with Gasteiger partial charge in [0.05, 0.1) is 18.4 Å². The van der Waals surface area contributed by atoms with E-state index in [4.69, 9.17) is 9.72 Å². The molecule has 0 amide bonds. The number of fused-ring (bicyclic) bond motifs is 1. The largest absolute Gasteiger partial charge is 0.465 e. The van der Waals surface area contributed by atoms with Crippen LogP contribution in [-0.2, 0) is 24.1 Å². The number of alkyl halides is 3. The zero-order valence-electron chi connectivity index (χ0n) is 16.3. The molecule has 1 aromatic heterocycles. The van der Waals surface area contributed by atoms with Gasteiger partial charge in [-0.25, -0.2) is 4.79 Å². The fourth-order valence-electron chi connectivity index (χ4n) is 4.35. The highest BCUT2D eigenvalue weighted by Crippen LogP contribution is 2.34. The van der Waals surface area contributed by atoms with E-state index in [9.17, 15) is 18.0 Å². The van der Waals surface area contributed by atoms with Crippen LogP contribution in [0, 0.1) is 0 Å². The summed E-state index contributed by atoms with van der Waals surface area (Å²) in [5.74, 6) is -0.434. The molecule has 2 aromatic rings. The molecule has 0 saturated carbocycles. The van der Waals surface area contributed by atoms with Crippen LogP contribution in [0.4, 0.5) is 13.2 Å². The predicted octanol–water partition coefficient (Wildman–Crippen LogP) is 4.55. The SMILES string of the molecule is COC(=O)c1cc2c(nc1-c1ccc(CN3CCC[C@@H]3C(F)(F)F)cc1)CCC2. The summed E-state index contributed by atoms with van der Waals surface area (Å²) in [6.45, 7) is 0.705. The molecule has 1 aliphatic heterocycles. The minimum atomic E-state index is -4.19. The number of pyridine rings is 1. The number of halogens is 3. The van der Waals surface area contributed by atoms with Gasteiger partial charge in [0.15, 0.2) is 0 Å². The molecule has 1 saturated heterocycles. The topological polar surface area (TPSA) is 42.4 Å². The summed E-state index contributed by atoms with van der Waals surface area (Å²) >= 11 is 0. The number of hydrogen-bond acceptors (Lipinski definition) is 4. The van der Waals surface area contributed by atoms with E-state index < -0.39 is 18.2 Å². The molecule has 1 aromatic carbocycles. The average molecular weight is 404 g/mol. The molecule has 4 nitrogen and oxygen atoms in total. The third-order valence-corrected chi connectivity index (χ3v) is 5.81. The Bertz CT molecular complexity index is 910. The van der Waals surface area contributed by atoms with E-state index in [1.54, 1.807) is 0 Å². The number of likely N-dealkylation sites (tertiary alicyclic amines) is 1. The van der Waals surface area contributed by atoms with Gasteiger partial charge >= 0.3 is 12.1 Å². The summed E-state index contributed by atoms with van der Waals surface area (Å²) in [6.07, 6.45) is -0.675. The Hall–Kier alpha value is -2.41. The number of esters is 1. The smallest absolute Gasteiger partial charge is 0.404 e. The number of carbonyl (C=O) groups excluding carboxylic acids is 1. The zero-order chi connectivity index (χ0) is 20.6. The van der Waals surface area contributed by atoms with Crippen molar-refractivity contribution in [3.05, 3.63) is 52.7 Å². The predicted molar refractivity (Wildman–Crippen MR) is 103 cm³/mol. The Morgan fingerprint density at radius 1 is 1.21 bits per heavy atom. The fraction of sp³-hybridized carbons (Fsp3) is 0.455. The Morgan fingerprint density at radius 2 is 1.97 bits per heavy atom. The van der Waals surface area contributed by atoms with Crippen molar-refractivity contribution < 1.29 is 22.7 Å². The molecule has 0 spiro atoms. The van der Waals surface area contributed by atoms with Crippen LogP contribution >= 0.6 is 0 Å². The molecule has 29 heavy (non-hydrogen) atoms. The second-order valence-corrected chi connectivity index (χ2v) is 7.70. The van der Waals surface area contributed by atoms with E-state index >= 15 is 0 Å². The first-order valence-electron chi connectivity index (χ1n) is 9.88. The fourth-order valence-corrected chi connectivity index (χ4v) is 4.35.